The molecule has 1 N–H and O–H groups in total. The van der Waals surface area contributed by atoms with E-state index >= 15 is 0 Å². The highest BCUT2D eigenvalue weighted by atomic mass is 79.9. The first-order valence-corrected chi connectivity index (χ1v) is 12.7. The predicted molar refractivity (Wildman–Crippen MR) is 136 cm³/mol. The molecule has 0 unspecified atom stereocenters. The highest BCUT2D eigenvalue weighted by Crippen LogP contribution is 2.37. The number of nitriles is 1. The molecule has 35 heavy (non-hydrogen) atoms. The minimum atomic E-state index is -4.11. The number of nitro groups is 1. The van der Waals surface area contributed by atoms with E-state index in [4.69, 9.17) is 15.8 Å². The SMILES string of the molecule is N#C/C(=C\c1cc(Br)c(OS(=O)(=O)c2ccccc2)c(Br)c1)C(=O)Nc1ccc(Cl)c([N+](=O)[O-])c1. The van der Waals surface area contributed by atoms with Gasteiger partial charge in [0.25, 0.3) is 11.6 Å². The van der Waals surface area contributed by atoms with Gasteiger partial charge in [0.05, 0.1) is 13.9 Å². The molecule has 0 heterocycles. The molecule has 0 fully saturated rings. The lowest BCUT2D eigenvalue weighted by Crippen LogP contribution is -2.13. The highest BCUT2D eigenvalue weighted by molar-refractivity contribution is 9.11. The molecular weight excluding hydrogens is 630 g/mol. The number of hydrogen-bond acceptors (Lipinski definition) is 7. The van der Waals surface area contributed by atoms with E-state index in [-0.39, 0.29) is 35.9 Å². The predicted octanol–water partition coefficient (Wildman–Crippen LogP) is 6.09. The van der Waals surface area contributed by atoms with Crippen LogP contribution in [-0.2, 0) is 14.9 Å². The molecule has 178 valence electrons. The van der Waals surface area contributed by atoms with E-state index < -0.39 is 26.6 Å². The normalized spacial score (nSPS) is 11.4. The highest BCUT2D eigenvalue weighted by Gasteiger charge is 2.21. The molecule has 0 aliphatic carbocycles. The maximum Gasteiger partial charge on any atom is 0.339 e. The topological polar surface area (TPSA) is 139 Å². The molecule has 9 nitrogen and oxygen atoms in total. The van der Waals surface area contributed by atoms with Crippen LogP contribution in [-0.4, -0.2) is 19.2 Å². The molecule has 0 aliphatic rings. The number of rotatable bonds is 7. The molecule has 0 spiro atoms. The van der Waals surface area contributed by atoms with Crippen molar-refractivity contribution in [2.45, 2.75) is 4.90 Å². The second kappa shape index (κ2) is 11.0. The number of nitrogens with zero attached hydrogens (tertiary/aromatic N) is 2. The van der Waals surface area contributed by atoms with Crippen LogP contribution in [0, 0.1) is 21.4 Å². The monoisotopic (exact) mass is 639 g/mol. The minimum absolute atomic E-state index is 0.0255. The molecule has 13 heteroatoms. The Hall–Kier alpha value is -3.24. The fourth-order valence-electron chi connectivity index (χ4n) is 2.73. The fourth-order valence-corrected chi connectivity index (χ4v) is 5.50. The lowest BCUT2D eigenvalue weighted by Gasteiger charge is -2.11. The van der Waals surface area contributed by atoms with Gasteiger partial charge in [-0.2, -0.15) is 13.7 Å². The van der Waals surface area contributed by atoms with Crippen molar-refractivity contribution < 1.29 is 22.3 Å². The molecule has 0 saturated carbocycles. The zero-order valence-corrected chi connectivity index (χ0v) is 22.0. The lowest BCUT2D eigenvalue weighted by atomic mass is 10.1. The van der Waals surface area contributed by atoms with Gasteiger partial charge in [0.1, 0.15) is 21.6 Å². The van der Waals surface area contributed by atoms with Crippen LogP contribution in [0.4, 0.5) is 11.4 Å². The number of halogens is 3. The maximum absolute atomic E-state index is 12.6. The average molecular weight is 642 g/mol. The van der Waals surface area contributed by atoms with Crippen LogP contribution >= 0.6 is 43.5 Å². The largest absolute Gasteiger partial charge is 0.377 e. The van der Waals surface area contributed by atoms with E-state index in [9.17, 15) is 28.6 Å². The van der Waals surface area contributed by atoms with E-state index in [1.165, 1.54) is 42.5 Å². The molecule has 0 bridgehead atoms. The van der Waals surface area contributed by atoms with Crippen molar-refractivity contribution in [1.29, 1.82) is 5.26 Å². The smallest absolute Gasteiger partial charge is 0.339 e. The van der Waals surface area contributed by atoms with Crippen LogP contribution in [0.5, 0.6) is 5.75 Å². The van der Waals surface area contributed by atoms with Crippen LogP contribution in [0.3, 0.4) is 0 Å². The second-order valence-electron chi connectivity index (χ2n) is 6.71. The second-order valence-corrected chi connectivity index (χ2v) is 10.4. The molecule has 1 amide bonds. The number of nitrogens with one attached hydrogen (secondary N) is 1. The van der Waals surface area contributed by atoms with Gasteiger partial charge in [-0.15, -0.1) is 0 Å². The Balaban J connectivity index is 1.87. The summed E-state index contributed by atoms with van der Waals surface area (Å²) in [5.74, 6) is -0.842. The van der Waals surface area contributed by atoms with Crippen LogP contribution < -0.4 is 9.50 Å². The van der Waals surface area contributed by atoms with Crippen molar-refractivity contribution in [3.63, 3.8) is 0 Å². The van der Waals surface area contributed by atoms with Crippen LogP contribution in [0.15, 0.2) is 80.1 Å². The number of benzene rings is 3. The van der Waals surface area contributed by atoms with Crippen molar-refractivity contribution in [1.82, 2.24) is 0 Å². The first-order valence-electron chi connectivity index (χ1n) is 9.37. The summed E-state index contributed by atoms with van der Waals surface area (Å²) >= 11 is 12.3. The van der Waals surface area contributed by atoms with Crippen LogP contribution in [0.1, 0.15) is 5.56 Å². The summed E-state index contributed by atoms with van der Waals surface area (Å²) in [5, 5.41) is 22.8. The van der Waals surface area contributed by atoms with Crippen LogP contribution in [0.2, 0.25) is 5.02 Å². The third-order valence-corrected chi connectivity index (χ3v) is 7.06. The van der Waals surface area contributed by atoms with Crippen molar-refractivity contribution in [2.75, 3.05) is 5.32 Å². The van der Waals surface area contributed by atoms with Gasteiger partial charge >= 0.3 is 10.1 Å². The Morgan fingerprint density at radius 1 is 1.11 bits per heavy atom. The summed E-state index contributed by atoms with van der Waals surface area (Å²) in [7, 11) is -4.11. The maximum atomic E-state index is 12.6. The van der Waals surface area contributed by atoms with Crippen molar-refractivity contribution in [3.05, 3.63) is 95.9 Å². The van der Waals surface area contributed by atoms with Gasteiger partial charge in [-0.1, -0.05) is 29.8 Å². The van der Waals surface area contributed by atoms with Crippen molar-refractivity contribution in [3.8, 4) is 11.8 Å². The van der Waals surface area contributed by atoms with E-state index in [0.717, 1.165) is 6.07 Å². The third kappa shape index (κ3) is 6.46. The average Bonchev–Trinajstić information content (AvgIpc) is 2.81. The molecule has 3 aromatic carbocycles. The summed E-state index contributed by atoms with van der Waals surface area (Å²) in [6.45, 7) is 0. The van der Waals surface area contributed by atoms with E-state index in [0.29, 0.717) is 5.56 Å². The Morgan fingerprint density at radius 3 is 2.31 bits per heavy atom. The molecular formula is C22H12Br2ClN3O6S. The number of carbonyl (C=O) groups is 1. The quantitative estimate of drug-likeness (QED) is 0.108. The van der Waals surface area contributed by atoms with E-state index in [1.807, 2.05) is 0 Å². The number of carbonyl (C=O) groups excluding carboxylic acids is 1. The van der Waals surface area contributed by atoms with Gasteiger partial charge in [-0.25, -0.2) is 0 Å². The Labute approximate surface area is 221 Å². The molecule has 0 radical (unpaired) electrons. The van der Waals surface area contributed by atoms with Crippen molar-refractivity contribution in [2.24, 2.45) is 0 Å². The molecule has 0 aliphatic heterocycles. The zero-order valence-electron chi connectivity index (χ0n) is 17.2. The fraction of sp³-hybridized carbons (Fsp3) is 0. The van der Waals surface area contributed by atoms with E-state index in [1.54, 1.807) is 24.3 Å². The molecule has 0 saturated heterocycles. The minimum Gasteiger partial charge on any atom is -0.377 e. The summed E-state index contributed by atoms with van der Waals surface area (Å²) in [5.41, 5.74) is -0.278. The Kier molecular flexibility index (Phi) is 8.29. The summed E-state index contributed by atoms with van der Waals surface area (Å²) < 4.78 is 30.8. The first-order chi connectivity index (χ1) is 16.5. The van der Waals surface area contributed by atoms with E-state index in [2.05, 4.69) is 37.2 Å². The van der Waals surface area contributed by atoms with Gasteiger partial charge in [0, 0.05) is 11.8 Å². The van der Waals surface area contributed by atoms with Gasteiger partial charge in [-0.05, 0) is 79.9 Å². The molecule has 3 aromatic rings. The Bertz CT molecular complexity index is 1480. The zero-order chi connectivity index (χ0) is 25.8. The third-order valence-electron chi connectivity index (χ3n) is 4.32. The first kappa shape index (κ1) is 26.4. The standard InChI is InChI=1S/C22H12Br2ClN3O6S/c23-17-9-13(10-18(24)21(17)34-35(32,33)16-4-2-1-3-5-16)8-14(12-26)22(29)27-15-6-7-19(25)20(11-15)28(30)31/h1-11H,(H,27,29)/b14-8+. The van der Waals surface area contributed by atoms with Gasteiger partial charge < -0.3 is 9.50 Å². The van der Waals surface area contributed by atoms with Gasteiger partial charge in [0.15, 0.2) is 5.75 Å². The summed E-state index contributed by atoms with van der Waals surface area (Å²) in [4.78, 5) is 22.9. The molecule has 0 aromatic heterocycles. The number of anilines is 1. The Morgan fingerprint density at radius 2 is 1.74 bits per heavy atom. The molecule has 0 atom stereocenters. The summed E-state index contributed by atoms with van der Waals surface area (Å²) in [6.07, 6.45) is 1.25. The molecule has 3 rings (SSSR count). The van der Waals surface area contributed by atoms with Crippen LogP contribution in [0.25, 0.3) is 6.08 Å². The number of nitro benzene ring substituents is 1. The lowest BCUT2D eigenvalue weighted by molar-refractivity contribution is -0.384. The number of hydrogen-bond donors (Lipinski definition) is 1. The van der Waals surface area contributed by atoms with Gasteiger partial charge in [-0.3, -0.25) is 14.9 Å². The van der Waals surface area contributed by atoms with Crippen molar-refractivity contribution >= 4 is 76.9 Å². The van der Waals surface area contributed by atoms with Gasteiger partial charge in [0.2, 0.25) is 0 Å². The number of amides is 1. The summed E-state index contributed by atoms with van der Waals surface area (Å²) in [6, 6.07) is 15.9.